The summed E-state index contributed by atoms with van der Waals surface area (Å²) in [4.78, 5) is 39.7. The number of carbonyl (C=O) groups is 3. The lowest BCUT2D eigenvalue weighted by molar-refractivity contribution is -0.151. The lowest BCUT2D eigenvalue weighted by Gasteiger charge is -2.19. The number of carbonyl (C=O) groups excluding carboxylic acids is 3. The molecule has 0 saturated carbocycles. The molecule has 7 nitrogen and oxygen atoms in total. The summed E-state index contributed by atoms with van der Waals surface area (Å²) in [5, 5.41) is 0. The summed E-state index contributed by atoms with van der Waals surface area (Å²) in [5.41, 5.74) is 1.15. The molecule has 1 aliphatic rings. The fourth-order valence-electron chi connectivity index (χ4n) is 3.99. The van der Waals surface area contributed by atoms with Gasteiger partial charge in [0.05, 0.1) is 13.0 Å². The Hall–Kier alpha value is -4.13. The molecule has 1 saturated heterocycles. The molecule has 0 N–H and O–H groups in total. The van der Waals surface area contributed by atoms with Crippen LogP contribution in [0.2, 0.25) is 0 Å². The third kappa shape index (κ3) is 5.51. The highest BCUT2D eigenvalue weighted by Crippen LogP contribution is 2.33. The second-order valence-electron chi connectivity index (χ2n) is 8.22. The Bertz CT molecular complexity index is 1190. The lowest BCUT2D eigenvalue weighted by Crippen LogP contribution is -2.31. The van der Waals surface area contributed by atoms with Gasteiger partial charge < -0.3 is 19.1 Å². The molecule has 0 aromatic heterocycles. The van der Waals surface area contributed by atoms with E-state index in [1.165, 1.54) is 0 Å². The van der Waals surface area contributed by atoms with E-state index < -0.39 is 18.0 Å². The van der Waals surface area contributed by atoms with Gasteiger partial charge in [0.25, 0.3) is 0 Å². The molecule has 0 aliphatic carbocycles. The highest BCUT2D eigenvalue weighted by atomic mass is 16.5. The highest BCUT2D eigenvalue weighted by Gasteiger charge is 2.37. The first kappa shape index (κ1) is 24.0. The Morgan fingerprint density at radius 1 is 0.943 bits per heavy atom. The summed E-state index contributed by atoms with van der Waals surface area (Å²) in [7, 11) is 1.58. The molecule has 2 atom stereocenters. The van der Waals surface area contributed by atoms with Crippen LogP contribution in [0.15, 0.2) is 78.9 Å². The molecular formula is C28H27NO6. The van der Waals surface area contributed by atoms with Gasteiger partial charge in [0, 0.05) is 24.2 Å². The largest absolute Gasteiger partial charge is 0.493 e. The van der Waals surface area contributed by atoms with Crippen molar-refractivity contribution >= 4 is 23.3 Å². The number of hydrogen-bond acceptors (Lipinski definition) is 6. The Morgan fingerprint density at radius 3 is 2.26 bits per heavy atom. The number of para-hydroxylation sites is 2. The smallest absolute Gasteiger partial charge is 0.312 e. The summed E-state index contributed by atoms with van der Waals surface area (Å²) in [6, 6.07) is 23.1. The van der Waals surface area contributed by atoms with E-state index in [1.54, 1.807) is 73.5 Å². The maximum atomic E-state index is 12.8. The highest BCUT2D eigenvalue weighted by molar-refractivity contribution is 6.02. The maximum Gasteiger partial charge on any atom is 0.312 e. The Labute approximate surface area is 204 Å². The van der Waals surface area contributed by atoms with Crippen molar-refractivity contribution in [2.75, 3.05) is 18.6 Å². The Morgan fingerprint density at radius 2 is 1.60 bits per heavy atom. The van der Waals surface area contributed by atoms with Crippen LogP contribution in [-0.4, -0.2) is 37.4 Å². The van der Waals surface area contributed by atoms with Crippen LogP contribution in [0.3, 0.4) is 0 Å². The van der Waals surface area contributed by atoms with E-state index in [0.717, 1.165) is 0 Å². The van der Waals surface area contributed by atoms with Crippen LogP contribution in [0, 0.1) is 5.92 Å². The zero-order chi connectivity index (χ0) is 24.8. The lowest BCUT2D eigenvalue weighted by atomic mass is 10.0. The first-order valence-electron chi connectivity index (χ1n) is 11.5. The summed E-state index contributed by atoms with van der Waals surface area (Å²) in [6.07, 6.45) is -0.480. The van der Waals surface area contributed by atoms with E-state index in [9.17, 15) is 14.4 Å². The van der Waals surface area contributed by atoms with Crippen molar-refractivity contribution in [3.63, 3.8) is 0 Å². The summed E-state index contributed by atoms with van der Waals surface area (Å²) in [6.45, 7) is 1.99. The van der Waals surface area contributed by atoms with E-state index in [1.807, 2.05) is 24.3 Å². The first-order valence-corrected chi connectivity index (χ1v) is 11.5. The molecule has 3 aromatic carbocycles. The van der Waals surface area contributed by atoms with E-state index in [-0.39, 0.29) is 24.7 Å². The van der Waals surface area contributed by atoms with Crippen molar-refractivity contribution in [2.45, 2.75) is 25.9 Å². The van der Waals surface area contributed by atoms with Gasteiger partial charge in [-0.05, 0) is 42.8 Å². The predicted molar refractivity (Wildman–Crippen MR) is 131 cm³/mol. The van der Waals surface area contributed by atoms with Crippen LogP contribution in [0.4, 0.5) is 5.69 Å². The molecule has 0 spiro atoms. The predicted octanol–water partition coefficient (Wildman–Crippen LogP) is 5.05. The summed E-state index contributed by atoms with van der Waals surface area (Å²) in [5.74, 6) is 0.201. The van der Waals surface area contributed by atoms with Crippen molar-refractivity contribution in [3.05, 3.63) is 84.4 Å². The summed E-state index contributed by atoms with van der Waals surface area (Å²) >= 11 is 0. The van der Waals surface area contributed by atoms with Crippen molar-refractivity contribution in [2.24, 2.45) is 5.92 Å². The third-order valence-corrected chi connectivity index (χ3v) is 5.88. The Balaban J connectivity index is 1.39. The molecule has 7 heteroatoms. The van der Waals surface area contributed by atoms with Gasteiger partial charge in [0.1, 0.15) is 5.75 Å². The third-order valence-electron chi connectivity index (χ3n) is 5.88. The van der Waals surface area contributed by atoms with E-state index >= 15 is 0 Å². The average molecular weight is 474 g/mol. The minimum Gasteiger partial charge on any atom is -0.493 e. The van der Waals surface area contributed by atoms with Gasteiger partial charge >= 0.3 is 5.97 Å². The van der Waals surface area contributed by atoms with Crippen LogP contribution in [-0.2, 0) is 14.3 Å². The fourth-order valence-corrected chi connectivity index (χ4v) is 3.99. The molecule has 35 heavy (non-hydrogen) atoms. The zero-order valence-corrected chi connectivity index (χ0v) is 19.7. The molecule has 1 heterocycles. The number of benzene rings is 3. The van der Waals surface area contributed by atoms with Crippen molar-refractivity contribution < 1.29 is 28.6 Å². The zero-order valence-electron chi connectivity index (χ0n) is 19.7. The van der Waals surface area contributed by atoms with Crippen LogP contribution in [0.1, 0.15) is 30.1 Å². The van der Waals surface area contributed by atoms with E-state index in [0.29, 0.717) is 34.9 Å². The average Bonchev–Trinajstić information content (AvgIpc) is 3.29. The molecule has 0 unspecified atom stereocenters. The molecule has 1 fully saturated rings. The van der Waals surface area contributed by atoms with Crippen LogP contribution >= 0.6 is 0 Å². The molecule has 1 amide bonds. The van der Waals surface area contributed by atoms with Crippen LogP contribution < -0.4 is 14.4 Å². The standard InChI is InChI=1S/C28H27NO6/c1-3-23(27(31)19-9-5-4-6-10-19)35-28(32)20-17-26(30)29(18-20)21-13-15-22(16-14-21)34-25-12-8-7-11-24(25)33-2/h4-16,20,23H,3,17-18H2,1-2H3/t20-,23+/m0/s1. The molecule has 0 radical (unpaired) electrons. The van der Waals surface area contributed by atoms with E-state index in [2.05, 4.69) is 0 Å². The van der Waals surface area contributed by atoms with Crippen molar-refractivity contribution in [1.82, 2.24) is 0 Å². The minimum atomic E-state index is -0.875. The summed E-state index contributed by atoms with van der Waals surface area (Å²) < 4.78 is 16.7. The van der Waals surface area contributed by atoms with Gasteiger partial charge in [0.2, 0.25) is 11.7 Å². The van der Waals surface area contributed by atoms with Gasteiger partial charge in [-0.1, -0.05) is 49.4 Å². The number of nitrogens with zero attached hydrogens (tertiary/aromatic N) is 1. The van der Waals surface area contributed by atoms with Crippen LogP contribution in [0.5, 0.6) is 17.2 Å². The minimum absolute atomic E-state index is 0.0360. The second kappa shape index (κ2) is 10.9. The van der Waals surface area contributed by atoms with Crippen molar-refractivity contribution in [3.8, 4) is 17.2 Å². The number of amides is 1. The SMILES string of the molecule is CC[C@@H](OC(=O)[C@H]1CC(=O)N(c2ccc(Oc3ccccc3OC)cc2)C1)C(=O)c1ccccc1. The second-order valence-corrected chi connectivity index (χ2v) is 8.22. The number of hydrogen-bond donors (Lipinski definition) is 0. The number of Topliss-reactive ketones (excluding diaryl/α,β-unsaturated/α-hetero) is 1. The molecule has 180 valence electrons. The topological polar surface area (TPSA) is 82.1 Å². The van der Waals surface area contributed by atoms with Gasteiger partial charge in [-0.15, -0.1) is 0 Å². The number of methoxy groups -OCH3 is 1. The number of rotatable bonds is 9. The normalized spacial score (nSPS) is 16.0. The van der Waals surface area contributed by atoms with Crippen molar-refractivity contribution in [1.29, 1.82) is 0 Å². The fraction of sp³-hybridized carbons (Fsp3) is 0.250. The van der Waals surface area contributed by atoms with Gasteiger partial charge in [-0.2, -0.15) is 0 Å². The molecule has 3 aromatic rings. The molecule has 1 aliphatic heterocycles. The number of esters is 1. The number of ether oxygens (including phenoxy) is 3. The number of ketones is 1. The van der Waals surface area contributed by atoms with Gasteiger partial charge in [0.15, 0.2) is 17.6 Å². The van der Waals surface area contributed by atoms with E-state index in [4.69, 9.17) is 14.2 Å². The molecular weight excluding hydrogens is 446 g/mol. The Kier molecular flexibility index (Phi) is 7.45. The quantitative estimate of drug-likeness (QED) is 0.320. The number of anilines is 1. The maximum absolute atomic E-state index is 12.8. The molecule has 4 rings (SSSR count). The first-order chi connectivity index (χ1) is 17.0. The van der Waals surface area contributed by atoms with Gasteiger partial charge in [-0.3, -0.25) is 14.4 Å². The van der Waals surface area contributed by atoms with Gasteiger partial charge in [-0.25, -0.2) is 0 Å². The van der Waals surface area contributed by atoms with Crippen LogP contribution in [0.25, 0.3) is 0 Å². The molecule has 0 bridgehead atoms. The monoisotopic (exact) mass is 473 g/mol.